The summed E-state index contributed by atoms with van der Waals surface area (Å²) < 4.78 is 1.86. The molecule has 0 unspecified atom stereocenters. The molecule has 19 heavy (non-hydrogen) atoms. The number of nitrogens with zero attached hydrogens (tertiary/aromatic N) is 3. The summed E-state index contributed by atoms with van der Waals surface area (Å²) in [6, 6.07) is 8.01. The third-order valence-electron chi connectivity index (χ3n) is 3.16. The van der Waals surface area contributed by atoms with Crippen LogP contribution in [0.3, 0.4) is 0 Å². The molecule has 0 fully saturated rings. The Morgan fingerprint density at radius 3 is 2.95 bits per heavy atom. The molecular formula is C14H17N5. The van der Waals surface area contributed by atoms with E-state index < -0.39 is 0 Å². The number of benzene rings is 1. The second kappa shape index (κ2) is 4.76. The molecule has 0 spiro atoms. The fourth-order valence-electron chi connectivity index (χ4n) is 2.24. The van der Waals surface area contributed by atoms with Gasteiger partial charge in [-0.15, -0.1) is 0 Å². The highest BCUT2D eigenvalue weighted by Gasteiger charge is 2.07. The van der Waals surface area contributed by atoms with E-state index >= 15 is 0 Å². The van der Waals surface area contributed by atoms with Crippen LogP contribution in [-0.2, 0) is 20.0 Å². The van der Waals surface area contributed by atoms with Crippen molar-refractivity contribution in [3.05, 3.63) is 41.7 Å². The predicted octanol–water partition coefficient (Wildman–Crippen LogP) is 2.47. The quantitative estimate of drug-likeness (QED) is 0.753. The minimum atomic E-state index is 0.733. The minimum Gasteiger partial charge on any atom is -0.352 e. The Bertz CT molecular complexity index is 662. The van der Waals surface area contributed by atoms with Crippen molar-refractivity contribution in [1.29, 1.82) is 0 Å². The zero-order chi connectivity index (χ0) is 13.2. The number of H-pyrrole nitrogens is 1. The highest BCUT2D eigenvalue weighted by atomic mass is 15.3. The van der Waals surface area contributed by atoms with Gasteiger partial charge in [0.05, 0.1) is 16.7 Å². The standard InChI is InChI=1S/C14H17N5/c1-3-11-10(9-19(2)18-11)8-15-14-16-12-6-4-5-7-13(12)17-14/h4-7,9H,3,8H2,1-2H3,(H2,15,16,17). The van der Waals surface area contributed by atoms with Crippen LogP contribution in [0.1, 0.15) is 18.2 Å². The van der Waals surface area contributed by atoms with E-state index in [4.69, 9.17) is 0 Å². The third-order valence-corrected chi connectivity index (χ3v) is 3.16. The van der Waals surface area contributed by atoms with E-state index in [2.05, 4.69) is 33.5 Å². The molecule has 0 bridgehead atoms. The van der Waals surface area contributed by atoms with Gasteiger partial charge in [-0.3, -0.25) is 4.68 Å². The van der Waals surface area contributed by atoms with E-state index in [0.29, 0.717) is 0 Å². The average Bonchev–Trinajstić information content (AvgIpc) is 2.98. The van der Waals surface area contributed by atoms with E-state index in [1.54, 1.807) is 0 Å². The van der Waals surface area contributed by atoms with E-state index in [9.17, 15) is 0 Å². The lowest BCUT2D eigenvalue weighted by Gasteiger charge is -2.01. The van der Waals surface area contributed by atoms with Crippen LogP contribution in [-0.4, -0.2) is 19.7 Å². The summed E-state index contributed by atoms with van der Waals surface area (Å²) in [5.74, 6) is 0.798. The lowest BCUT2D eigenvalue weighted by Crippen LogP contribution is -2.02. The molecule has 0 aliphatic carbocycles. The summed E-state index contributed by atoms with van der Waals surface area (Å²) in [4.78, 5) is 7.76. The van der Waals surface area contributed by atoms with Crippen molar-refractivity contribution >= 4 is 17.0 Å². The SMILES string of the molecule is CCc1nn(C)cc1CNc1nc2ccccc2[nH]1. The Labute approximate surface area is 111 Å². The van der Waals surface area contributed by atoms with Gasteiger partial charge in [0.25, 0.3) is 0 Å². The molecular weight excluding hydrogens is 238 g/mol. The van der Waals surface area contributed by atoms with Gasteiger partial charge in [0.1, 0.15) is 0 Å². The molecule has 0 radical (unpaired) electrons. The first kappa shape index (κ1) is 11.8. The van der Waals surface area contributed by atoms with Crippen molar-refractivity contribution in [2.24, 2.45) is 7.05 Å². The van der Waals surface area contributed by atoms with Crippen LogP contribution >= 0.6 is 0 Å². The van der Waals surface area contributed by atoms with Gasteiger partial charge in [0.2, 0.25) is 5.95 Å². The van der Waals surface area contributed by atoms with Crippen LogP contribution < -0.4 is 5.32 Å². The van der Waals surface area contributed by atoms with Crippen LogP contribution in [0.5, 0.6) is 0 Å². The van der Waals surface area contributed by atoms with Crippen LogP contribution in [0.4, 0.5) is 5.95 Å². The maximum Gasteiger partial charge on any atom is 0.201 e. The smallest absolute Gasteiger partial charge is 0.201 e. The van der Waals surface area contributed by atoms with Gasteiger partial charge in [-0.25, -0.2) is 4.98 Å². The number of rotatable bonds is 4. The molecule has 0 amide bonds. The zero-order valence-corrected chi connectivity index (χ0v) is 11.1. The first-order valence-corrected chi connectivity index (χ1v) is 6.46. The predicted molar refractivity (Wildman–Crippen MR) is 76.0 cm³/mol. The molecule has 1 aromatic carbocycles. The second-order valence-corrected chi connectivity index (χ2v) is 4.58. The van der Waals surface area contributed by atoms with Crippen molar-refractivity contribution < 1.29 is 0 Å². The number of para-hydroxylation sites is 2. The number of nitrogens with one attached hydrogen (secondary N) is 2. The fraction of sp³-hybridized carbons (Fsp3) is 0.286. The lowest BCUT2D eigenvalue weighted by molar-refractivity contribution is 0.746. The molecule has 0 saturated carbocycles. The highest BCUT2D eigenvalue weighted by molar-refractivity contribution is 5.77. The number of hydrogen-bond donors (Lipinski definition) is 2. The first-order valence-electron chi connectivity index (χ1n) is 6.46. The molecule has 2 aromatic heterocycles. The molecule has 98 valence electrons. The van der Waals surface area contributed by atoms with E-state index in [1.165, 1.54) is 5.56 Å². The molecule has 2 N–H and O–H groups in total. The van der Waals surface area contributed by atoms with Crippen LogP contribution in [0.15, 0.2) is 30.5 Å². The van der Waals surface area contributed by atoms with Crippen LogP contribution in [0.2, 0.25) is 0 Å². The number of aromatic amines is 1. The molecule has 0 aliphatic rings. The zero-order valence-electron chi connectivity index (χ0n) is 11.1. The summed E-state index contributed by atoms with van der Waals surface area (Å²) in [5.41, 5.74) is 4.37. The summed E-state index contributed by atoms with van der Waals surface area (Å²) in [7, 11) is 1.95. The van der Waals surface area contributed by atoms with E-state index in [-0.39, 0.29) is 0 Å². The fourth-order valence-corrected chi connectivity index (χ4v) is 2.24. The van der Waals surface area contributed by atoms with E-state index in [0.717, 1.165) is 35.6 Å². The Hall–Kier alpha value is -2.30. The number of hydrogen-bond acceptors (Lipinski definition) is 3. The number of aryl methyl sites for hydroxylation is 2. The number of aromatic nitrogens is 4. The molecule has 0 aliphatic heterocycles. The van der Waals surface area contributed by atoms with Gasteiger partial charge in [-0.05, 0) is 18.6 Å². The molecule has 5 nitrogen and oxygen atoms in total. The topological polar surface area (TPSA) is 58.5 Å². The molecule has 3 aromatic rings. The van der Waals surface area contributed by atoms with Gasteiger partial charge in [-0.1, -0.05) is 19.1 Å². The maximum atomic E-state index is 4.50. The lowest BCUT2D eigenvalue weighted by atomic mass is 10.2. The normalized spacial score (nSPS) is 11.1. The second-order valence-electron chi connectivity index (χ2n) is 4.58. The first-order chi connectivity index (χ1) is 9.26. The Morgan fingerprint density at radius 2 is 2.16 bits per heavy atom. The summed E-state index contributed by atoms with van der Waals surface area (Å²) in [6.45, 7) is 2.85. The molecule has 2 heterocycles. The summed E-state index contributed by atoms with van der Waals surface area (Å²) in [5, 5.41) is 7.75. The van der Waals surface area contributed by atoms with Gasteiger partial charge >= 0.3 is 0 Å². The number of imidazole rings is 1. The van der Waals surface area contributed by atoms with Gasteiger partial charge in [0.15, 0.2) is 0 Å². The monoisotopic (exact) mass is 255 g/mol. The molecule has 5 heteroatoms. The minimum absolute atomic E-state index is 0.733. The molecule has 0 saturated heterocycles. The Kier molecular flexibility index (Phi) is 2.95. The van der Waals surface area contributed by atoms with Crippen LogP contribution in [0, 0.1) is 0 Å². The van der Waals surface area contributed by atoms with Crippen molar-refractivity contribution in [2.75, 3.05) is 5.32 Å². The van der Waals surface area contributed by atoms with E-state index in [1.807, 2.05) is 36.0 Å². The van der Waals surface area contributed by atoms with Gasteiger partial charge < -0.3 is 10.3 Å². The third kappa shape index (κ3) is 2.31. The summed E-state index contributed by atoms with van der Waals surface area (Å²) in [6.07, 6.45) is 2.99. The maximum absolute atomic E-state index is 4.50. The Morgan fingerprint density at radius 1 is 1.32 bits per heavy atom. The van der Waals surface area contributed by atoms with Crippen molar-refractivity contribution in [3.63, 3.8) is 0 Å². The van der Waals surface area contributed by atoms with Crippen LogP contribution in [0.25, 0.3) is 11.0 Å². The Balaban J connectivity index is 1.78. The number of fused-ring (bicyclic) bond motifs is 1. The van der Waals surface area contributed by atoms with Crippen molar-refractivity contribution in [3.8, 4) is 0 Å². The summed E-state index contributed by atoms with van der Waals surface area (Å²) >= 11 is 0. The van der Waals surface area contributed by atoms with Crippen molar-refractivity contribution in [2.45, 2.75) is 19.9 Å². The highest BCUT2D eigenvalue weighted by Crippen LogP contribution is 2.15. The van der Waals surface area contributed by atoms with Gasteiger partial charge in [-0.2, -0.15) is 5.10 Å². The number of anilines is 1. The average molecular weight is 255 g/mol. The molecule has 0 atom stereocenters. The largest absolute Gasteiger partial charge is 0.352 e. The molecule has 3 rings (SSSR count). The van der Waals surface area contributed by atoms with Gasteiger partial charge in [0, 0.05) is 25.4 Å². The van der Waals surface area contributed by atoms with Crippen molar-refractivity contribution in [1.82, 2.24) is 19.7 Å².